The average molecular weight is 404 g/mol. The van der Waals surface area contributed by atoms with E-state index in [1.54, 1.807) is 19.2 Å². The highest BCUT2D eigenvalue weighted by Crippen LogP contribution is 2.16. The van der Waals surface area contributed by atoms with E-state index in [1.165, 1.54) is 19.2 Å². The van der Waals surface area contributed by atoms with Crippen LogP contribution in [0.1, 0.15) is 21.5 Å². The first-order valence-electron chi connectivity index (χ1n) is 9.01. The van der Waals surface area contributed by atoms with E-state index in [0.717, 1.165) is 24.5 Å². The molecule has 150 valence electrons. The number of aryl methyl sites for hydroxylation is 1. The van der Waals surface area contributed by atoms with Gasteiger partial charge in [0.25, 0.3) is 5.91 Å². The molecule has 0 saturated carbocycles. The number of sulfonamides is 1. The Balaban J connectivity index is 1.66. The third-order valence-corrected chi connectivity index (χ3v) is 6.04. The van der Waals surface area contributed by atoms with Crippen molar-refractivity contribution in [1.29, 1.82) is 0 Å². The second-order valence-electron chi connectivity index (χ2n) is 6.49. The summed E-state index contributed by atoms with van der Waals surface area (Å²) in [7, 11) is -2.27. The average Bonchev–Trinajstić information content (AvgIpc) is 2.73. The second-order valence-corrected chi connectivity index (χ2v) is 8.38. The molecule has 0 atom stereocenters. The van der Waals surface area contributed by atoms with Crippen molar-refractivity contribution in [3.05, 3.63) is 53.2 Å². The maximum Gasteiger partial charge on any atom is 0.251 e. The zero-order chi connectivity index (χ0) is 20.1. The predicted octanol–water partition coefficient (Wildman–Crippen LogP) is 1.06. The number of hydrogen-bond acceptors (Lipinski definition) is 6. The highest BCUT2D eigenvalue weighted by Gasteiger charge is 2.17. The van der Waals surface area contributed by atoms with Gasteiger partial charge in [-0.1, -0.05) is 12.1 Å². The molecule has 0 aliphatic carbocycles. The van der Waals surface area contributed by atoms with Crippen molar-refractivity contribution in [2.24, 2.45) is 0 Å². The third kappa shape index (κ3) is 4.67. The summed E-state index contributed by atoms with van der Waals surface area (Å²) in [6.45, 7) is 5.09. The van der Waals surface area contributed by atoms with E-state index in [1.807, 2.05) is 12.1 Å². The van der Waals surface area contributed by atoms with Gasteiger partial charge in [0.15, 0.2) is 0 Å². The van der Waals surface area contributed by atoms with Crippen molar-refractivity contribution >= 4 is 21.7 Å². The molecule has 1 aromatic heterocycles. The summed E-state index contributed by atoms with van der Waals surface area (Å²) in [5.41, 5.74) is 1.89. The molecule has 0 spiro atoms. The van der Waals surface area contributed by atoms with E-state index in [0.29, 0.717) is 30.9 Å². The van der Waals surface area contributed by atoms with Gasteiger partial charge in [-0.25, -0.2) is 18.1 Å². The number of carbonyl (C=O) groups is 1. The molecule has 2 N–H and O–H groups in total. The molecule has 3 rings (SSSR count). The van der Waals surface area contributed by atoms with Crippen LogP contribution in [0.3, 0.4) is 0 Å². The molecule has 0 bridgehead atoms. The van der Waals surface area contributed by atoms with Gasteiger partial charge in [0.05, 0.1) is 18.1 Å². The molecule has 2 heterocycles. The molecule has 0 unspecified atom stereocenters. The Morgan fingerprint density at radius 3 is 2.61 bits per heavy atom. The van der Waals surface area contributed by atoms with Gasteiger partial charge in [0, 0.05) is 31.4 Å². The molecule has 1 aliphatic rings. The fraction of sp³-hybridized carbons (Fsp3) is 0.368. The summed E-state index contributed by atoms with van der Waals surface area (Å²) < 4.78 is 31.5. The molecule has 0 radical (unpaired) electrons. The number of benzene rings is 1. The van der Waals surface area contributed by atoms with Crippen LogP contribution in [0, 0.1) is 6.92 Å². The monoisotopic (exact) mass is 404 g/mol. The summed E-state index contributed by atoms with van der Waals surface area (Å²) in [4.78, 5) is 19.2. The van der Waals surface area contributed by atoms with E-state index < -0.39 is 10.0 Å². The molecule has 9 heteroatoms. The molecule has 28 heavy (non-hydrogen) atoms. The first-order valence-corrected chi connectivity index (χ1v) is 10.5. The van der Waals surface area contributed by atoms with Crippen molar-refractivity contribution in [3.8, 4) is 0 Å². The Morgan fingerprint density at radius 1 is 1.21 bits per heavy atom. The standard InChI is InChI=1S/C19H24N4O4S/c1-14-3-5-16(28(25,26)20-2)11-17(14)19(24)22-13-15-4-6-18(21-12-15)23-7-9-27-10-8-23/h3-6,11-12,20H,7-10,13H2,1-2H3,(H,22,24). The van der Waals surface area contributed by atoms with Gasteiger partial charge >= 0.3 is 0 Å². The lowest BCUT2D eigenvalue weighted by Gasteiger charge is -2.27. The first-order chi connectivity index (χ1) is 13.4. The third-order valence-electron chi connectivity index (χ3n) is 4.63. The molecule has 1 aliphatic heterocycles. The van der Waals surface area contributed by atoms with Gasteiger partial charge in [0.1, 0.15) is 5.82 Å². The quantitative estimate of drug-likeness (QED) is 0.747. The van der Waals surface area contributed by atoms with Gasteiger partial charge in [-0.05, 0) is 43.3 Å². The first kappa shape index (κ1) is 20.2. The highest BCUT2D eigenvalue weighted by molar-refractivity contribution is 7.89. The van der Waals surface area contributed by atoms with Gasteiger partial charge < -0.3 is 15.0 Å². The Morgan fingerprint density at radius 2 is 1.96 bits per heavy atom. The number of aromatic nitrogens is 1. The van der Waals surface area contributed by atoms with Gasteiger partial charge in [-0.3, -0.25) is 4.79 Å². The second kappa shape index (κ2) is 8.68. The normalized spacial score (nSPS) is 14.7. The van der Waals surface area contributed by atoms with Crippen LogP contribution in [0.2, 0.25) is 0 Å². The number of rotatable bonds is 6. The van der Waals surface area contributed by atoms with Crippen LogP contribution in [0.15, 0.2) is 41.4 Å². The summed E-state index contributed by atoms with van der Waals surface area (Å²) in [5, 5.41) is 2.82. The lowest BCUT2D eigenvalue weighted by molar-refractivity contribution is 0.0950. The number of pyridine rings is 1. The smallest absolute Gasteiger partial charge is 0.251 e. The van der Waals surface area contributed by atoms with Crippen LogP contribution in [0.25, 0.3) is 0 Å². The molecule has 1 saturated heterocycles. The van der Waals surface area contributed by atoms with E-state index in [4.69, 9.17) is 4.74 Å². The Bertz CT molecular complexity index is 939. The Kier molecular flexibility index (Phi) is 6.28. The van der Waals surface area contributed by atoms with Gasteiger partial charge in [-0.15, -0.1) is 0 Å². The summed E-state index contributed by atoms with van der Waals surface area (Å²) in [5.74, 6) is 0.558. The van der Waals surface area contributed by atoms with Crippen LogP contribution >= 0.6 is 0 Å². The van der Waals surface area contributed by atoms with E-state index >= 15 is 0 Å². The maximum atomic E-state index is 12.6. The van der Waals surface area contributed by atoms with Gasteiger partial charge in [-0.2, -0.15) is 0 Å². The number of amides is 1. The maximum absolute atomic E-state index is 12.6. The van der Waals surface area contributed by atoms with Crippen molar-refractivity contribution in [2.45, 2.75) is 18.4 Å². The molecule has 1 amide bonds. The van der Waals surface area contributed by atoms with Crippen LogP contribution in [-0.2, 0) is 21.3 Å². The van der Waals surface area contributed by atoms with Gasteiger partial charge in [0.2, 0.25) is 10.0 Å². The molecule has 1 aromatic carbocycles. The van der Waals surface area contributed by atoms with Crippen molar-refractivity contribution in [3.63, 3.8) is 0 Å². The zero-order valence-electron chi connectivity index (χ0n) is 15.9. The van der Waals surface area contributed by atoms with Crippen molar-refractivity contribution in [2.75, 3.05) is 38.3 Å². The number of morpholine rings is 1. The Labute approximate surface area is 165 Å². The molecule has 8 nitrogen and oxygen atoms in total. The number of carbonyl (C=O) groups excluding carboxylic acids is 1. The molecule has 2 aromatic rings. The van der Waals surface area contributed by atoms with E-state index in [-0.39, 0.29) is 10.8 Å². The summed E-state index contributed by atoms with van der Waals surface area (Å²) >= 11 is 0. The number of nitrogens with one attached hydrogen (secondary N) is 2. The van der Waals surface area contributed by atoms with Crippen LogP contribution in [-0.4, -0.2) is 52.7 Å². The fourth-order valence-electron chi connectivity index (χ4n) is 2.91. The number of anilines is 1. The summed E-state index contributed by atoms with van der Waals surface area (Å²) in [6.07, 6.45) is 1.74. The van der Waals surface area contributed by atoms with Crippen molar-refractivity contribution in [1.82, 2.24) is 15.0 Å². The highest BCUT2D eigenvalue weighted by atomic mass is 32.2. The molecular weight excluding hydrogens is 380 g/mol. The zero-order valence-corrected chi connectivity index (χ0v) is 16.8. The van der Waals surface area contributed by atoms with Crippen molar-refractivity contribution < 1.29 is 17.9 Å². The van der Waals surface area contributed by atoms with Crippen LogP contribution in [0.5, 0.6) is 0 Å². The summed E-state index contributed by atoms with van der Waals surface area (Å²) in [6, 6.07) is 8.34. The Hall–Kier alpha value is -2.49. The van der Waals surface area contributed by atoms with E-state index in [9.17, 15) is 13.2 Å². The molecule has 1 fully saturated rings. The SMILES string of the molecule is CNS(=O)(=O)c1ccc(C)c(C(=O)NCc2ccc(N3CCOCC3)nc2)c1. The minimum Gasteiger partial charge on any atom is -0.378 e. The van der Waals surface area contributed by atoms with Crippen LogP contribution in [0.4, 0.5) is 5.82 Å². The largest absolute Gasteiger partial charge is 0.378 e. The number of hydrogen-bond donors (Lipinski definition) is 2. The topological polar surface area (TPSA) is 101 Å². The molecular formula is C19H24N4O4S. The predicted molar refractivity (Wildman–Crippen MR) is 106 cm³/mol. The minimum absolute atomic E-state index is 0.0577. The number of nitrogens with zero attached hydrogens (tertiary/aromatic N) is 2. The lowest BCUT2D eigenvalue weighted by Crippen LogP contribution is -2.36. The minimum atomic E-state index is -3.61. The lowest BCUT2D eigenvalue weighted by atomic mass is 10.1. The van der Waals surface area contributed by atoms with E-state index in [2.05, 4.69) is 19.9 Å². The fourth-order valence-corrected chi connectivity index (χ4v) is 3.66. The van der Waals surface area contributed by atoms with Crippen LogP contribution < -0.4 is 14.9 Å². The number of ether oxygens (including phenoxy) is 1.